The molecule has 80 valence electrons. The Hall–Kier alpha value is -0.600. The van der Waals surface area contributed by atoms with Gasteiger partial charge in [0, 0.05) is 0 Å². The van der Waals surface area contributed by atoms with E-state index in [-0.39, 0.29) is 0 Å². The Kier molecular flexibility index (Phi) is 5.57. The number of allylic oxidation sites excluding steroid dienone is 4. The molecule has 0 aliphatic heterocycles. The molecular formula is C12H20O2. The zero-order valence-electron chi connectivity index (χ0n) is 8.60. The minimum atomic E-state index is -0.563. The lowest BCUT2D eigenvalue weighted by Crippen LogP contribution is -2.25. The van der Waals surface area contributed by atoms with Gasteiger partial charge < -0.3 is 10.2 Å². The van der Waals surface area contributed by atoms with Gasteiger partial charge in [0.05, 0.1) is 12.2 Å². The van der Waals surface area contributed by atoms with Crippen LogP contribution in [0.1, 0.15) is 38.5 Å². The Morgan fingerprint density at radius 2 is 1.00 bits per heavy atom. The van der Waals surface area contributed by atoms with E-state index >= 15 is 0 Å². The van der Waals surface area contributed by atoms with Gasteiger partial charge in [0.15, 0.2) is 0 Å². The van der Waals surface area contributed by atoms with Crippen LogP contribution < -0.4 is 0 Å². The van der Waals surface area contributed by atoms with Crippen molar-refractivity contribution in [2.75, 3.05) is 0 Å². The molecule has 0 spiro atoms. The van der Waals surface area contributed by atoms with E-state index in [4.69, 9.17) is 0 Å². The van der Waals surface area contributed by atoms with Crippen LogP contribution >= 0.6 is 0 Å². The number of rotatable bonds is 0. The third-order valence-electron chi connectivity index (χ3n) is 2.54. The fourth-order valence-electron chi connectivity index (χ4n) is 1.58. The molecule has 2 N–H and O–H groups in total. The first-order chi connectivity index (χ1) is 6.80. The Morgan fingerprint density at radius 3 is 1.43 bits per heavy atom. The monoisotopic (exact) mass is 196 g/mol. The normalized spacial score (nSPS) is 35.3. The Labute approximate surface area is 86.0 Å². The standard InChI is InChI=1S/C12H20O2/c13-11-9-7-5-3-1-2-4-6-8-10-12(11)14/h3-6,11-14H,1-2,7-10H2/b5-3+,6-4+/t11-,12+. The number of aliphatic hydroxyl groups excluding tert-OH is 2. The maximum Gasteiger partial charge on any atom is 0.0802 e. The lowest BCUT2D eigenvalue weighted by molar-refractivity contribution is 0.0111. The minimum absolute atomic E-state index is 0.563. The molecule has 0 fully saturated rings. The molecule has 2 atom stereocenters. The van der Waals surface area contributed by atoms with Crippen molar-refractivity contribution < 1.29 is 10.2 Å². The molecule has 0 unspecified atom stereocenters. The second-order valence-electron chi connectivity index (χ2n) is 3.81. The first-order valence-electron chi connectivity index (χ1n) is 5.47. The molecule has 1 aliphatic rings. The van der Waals surface area contributed by atoms with Crippen molar-refractivity contribution in [3.63, 3.8) is 0 Å². The van der Waals surface area contributed by atoms with Crippen LogP contribution in [-0.2, 0) is 0 Å². The quantitative estimate of drug-likeness (QED) is 0.583. The summed E-state index contributed by atoms with van der Waals surface area (Å²) in [6.45, 7) is 0. The summed E-state index contributed by atoms with van der Waals surface area (Å²) in [6.07, 6.45) is 12.6. The van der Waals surface area contributed by atoms with E-state index in [9.17, 15) is 10.2 Å². The van der Waals surface area contributed by atoms with Crippen LogP contribution in [-0.4, -0.2) is 22.4 Å². The van der Waals surface area contributed by atoms with Gasteiger partial charge in [0.25, 0.3) is 0 Å². The summed E-state index contributed by atoms with van der Waals surface area (Å²) in [4.78, 5) is 0. The molecule has 1 rings (SSSR count). The largest absolute Gasteiger partial charge is 0.390 e. The summed E-state index contributed by atoms with van der Waals surface area (Å²) in [6, 6.07) is 0. The Balaban J connectivity index is 2.41. The average Bonchev–Trinajstić information content (AvgIpc) is 2.18. The van der Waals surface area contributed by atoms with Crippen molar-refractivity contribution in [1.82, 2.24) is 0 Å². The molecule has 14 heavy (non-hydrogen) atoms. The second kappa shape index (κ2) is 6.80. The Morgan fingerprint density at radius 1 is 0.643 bits per heavy atom. The molecule has 0 heterocycles. The van der Waals surface area contributed by atoms with Crippen molar-refractivity contribution in [3.05, 3.63) is 24.3 Å². The van der Waals surface area contributed by atoms with Gasteiger partial charge in [-0.2, -0.15) is 0 Å². The van der Waals surface area contributed by atoms with Crippen molar-refractivity contribution in [2.45, 2.75) is 50.7 Å². The molecule has 0 amide bonds. The van der Waals surface area contributed by atoms with Crippen LogP contribution in [0.25, 0.3) is 0 Å². The molecule has 0 saturated carbocycles. The van der Waals surface area contributed by atoms with Gasteiger partial charge in [-0.1, -0.05) is 24.3 Å². The lowest BCUT2D eigenvalue weighted by Gasteiger charge is -2.16. The maximum atomic E-state index is 9.55. The van der Waals surface area contributed by atoms with E-state index < -0.39 is 12.2 Å². The van der Waals surface area contributed by atoms with Crippen LogP contribution in [0.5, 0.6) is 0 Å². The molecule has 2 nitrogen and oxygen atoms in total. The molecule has 0 saturated heterocycles. The molecule has 0 aromatic rings. The molecule has 0 radical (unpaired) electrons. The summed E-state index contributed by atoms with van der Waals surface area (Å²) in [5.74, 6) is 0. The van der Waals surface area contributed by atoms with Gasteiger partial charge in [0.2, 0.25) is 0 Å². The predicted molar refractivity (Wildman–Crippen MR) is 58.0 cm³/mol. The van der Waals surface area contributed by atoms with E-state index in [2.05, 4.69) is 24.3 Å². The van der Waals surface area contributed by atoms with Gasteiger partial charge in [-0.3, -0.25) is 0 Å². The van der Waals surface area contributed by atoms with Crippen molar-refractivity contribution in [1.29, 1.82) is 0 Å². The van der Waals surface area contributed by atoms with E-state index in [1.54, 1.807) is 0 Å². The van der Waals surface area contributed by atoms with Crippen molar-refractivity contribution >= 4 is 0 Å². The number of aliphatic hydroxyl groups is 2. The summed E-state index contributed by atoms with van der Waals surface area (Å²) >= 11 is 0. The lowest BCUT2D eigenvalue weighted by atomic mass is 10.0. The fourth-order valence-corrected chi connectivity index (χ4v) is 1.58. The van der Waals surface area contributed by atoms with Crippen molar-refractivity contribution in [3.8, 4) is 0 Å². The highest BCUT2D eigenvalue weighted by Gasteiger charge is 2.14. The highest BCUT2D eigenvalue weighted by atomic mass is 16.3. The van der Waals surface area contributed by atoms with Crippen molar-refractivity contribution in [2.24, 2.45) is 0 Å². The number of hydrogen-bond donors (Lipinski definition) is 2. The highest BCUT2D eigenvalue weighted by Crippen LogP contribution is 2.10. The molecular weight excluding hydrogens is 176 g/mol. The van der Waals surface area contributed by atoms with E-state index in [0.29, 0.717) is 12.8 Å². The highest BCUT2D eigenvalue weighted by molar-refractivity contribution is 4.90. The smallest absolute Gasteiger partial charge is 0.0802 e. The van der Waals surface area contributed by atoms with E-state index in [1.807, 2.05) is 0 Å². The molecule has 0 aromatic heterocycles. The fraction of sp³-hybridized carbons (Fsp3) is 0.667. The summed E-state index contributed by atoms with van der Waals surface area (Å²) in [5, 5.41) is 19.1. The average molecular weight is 196 g/mol. The zero-order valence-corrected chi connectivity index (χ0v) is 8.60. The molecule has 2 heteroatoms. The SMILES string of the molecule is O[C@@H]1CC/C=C/CC/C=C/CC[C@@H]1O. The molecule has 0 bridgehead atoms. The van der Waals surface area contributed by atoms with E-state index in [1.165, 1.54) is 0 Å². The number of hydrogen-bond acceptors (Lipinski definition) is 2. The van der Waals surface area contributed by atoms with Gasteiger partial charge in [-0.05, 0) is 38.5 Å². The predicted octanol–water partition coefficient (Wildman–Crippen LogP) is 2.17. The van der Waals surface area contributed by atoms with Gasteiger partial charge in [-0.15, -0.1) is 0 Å². The topological polar surface area (TPSA) is 40.5 Å². The molecule has 1 aliphatic carbocycles. The van der Waals surface area contributed by atoms with Gasteiger partial charge >= 0.3 is 0 Å². The summed E-state index contributed by atoms with van der Waals surface area (Å²) in [5.41, 5.74) is 0. The Bertz CT molecular complexity index is 174. The van der Waals surface area contributed by atoms with Crippen LogP contribution in [0.15, 0.2) is 24.3 Å². The first-order valence-corrected chi connectivity index (χ1v) is 5.47. The van der Waals surface area contributed by atoms with E-state index in [0.717, 1.165) is 25.7 Å². The third kappa shape index (κ3) is 4.58. The van der Waals surface area contributed by atoms with Crippen LogP contribution in [0.2, 0.25) is 0 Å². The van der Waals surface area contributed by atoms with Gasteiger partial charge in [-0.25, -0.2) is 0 Å². The first kappa shape index (κ1) is 11.5. The zero-order chi connectivity index (χ0) is 10.2. The minimum Gasteiger partial charge on any atom is -0.390 e. The van der Waals surface area contributed by atoms with Gasteiger partial charge in [0.1, 0.15) is 0 Å². The second-order valence-corrected chi connectivity index (χ2v) is 3.81. The van der Waals surface area contributed by atoms with Crippen LogP contribution in [0.4, 0.5) is 0 Å². The maximum absolute atomic E-state index is 9.55. The molecule has 0 aromatic carbocycles. The van der Waals surface area contributed by atoms with Crippen LogP contribution in [0.3, 0.4) is 0 Å². The summed E-state index contributed by atoms with van der Waals surface area (Å²) < 4.78 is 0. The third-order valence-corrected chi connectivity index (χ3v) is 2.54. The van der Waals surface area contributed by atoms with Crippen LogP contribution in [0, 0.1) is 0 Å². The summed E-state index contributed by atoms with van der Waals surface area (Å²) in [7, 11) is 0.